The fourth-order valence-corrected chi connectivity index (χ4v) is 5.34. The van der Waals surface area contributed by atoms with Gasteiger partial charge in [0.1, 0.15) is 5.41 Å². The molecule has 2 aromatic carbocycles. The van der Waals surface area contributed by atoms with Gasteiger partial charge in [0.15, 0.2) is 0 Å². The van der Waals surface area contributed by atoms with Gasteiger partial charge in [-0.15, -0.1) is 0 Å². The van der Waals surface area contributed by atoms with Crippen molar-refractivity contribution in [3.05, 3.63) is 102 Å². The number of aromatic nitrogens is 2. The predicted molar refractivity (Wildman–Crippen MR) is 121 cm³/mol. The van der Waals surface area contributed by atoms with Crippen molar-refractivity contribution >= 4 is 28.4 Å². The van der Waals surface area contributed by atoms with Gasteiger partial charge in [0.25, 0.3) is 5.91 Å². The molecular formula is C26H20N4O2. The maximum absolute atomic E-state index is 13.9. The first-order valence-corrected chi connectivity index (χ1v) is 10.7. The van der Waals surface area contributed by atoms with Crippen LogP contribution in [0.3, 0.4) is 0 Å². The molecule has 2 aliphatic rings. The highest BCUT2D eigenvalue weighted by Gasteiger charge is 2.59. The van der Waals surface area contributed by atoms with Gasteiger partial charge in [0, 0.05) is 36.2 Å². The van der Waals surface area contributed by atoms with Crippen molar-refractivity contribution in [3.63, 3.8) is 0 Å². The summed E-state index contributed by atoms with van der Waals surface area (Å²) in [7, 11) is 0. The van der Waals surface area contributed by atoms with E-state index in [1.807, 2.05) is 71.6 Å². The number of anilines is 1. The summed E-state index contributed by atoms with van der Waals surface area (Å²) in [5.41, 5.74) is 2.95. The maximum atomic E-state index is 13.9. The van der Waals surface area contributed by atoms with Crippen molar-refractivity contribution in [2.75, 3.05) is 11.9 Å². The lowest BCUT2D eigenvalue weighted by atomic mass is 9.73. The molecule has 4 aromatic rings. The molecule has 0 aliphatic carbocycles. The van der Waals surface area contributed by atoms with E-state index in [0.29, 0.717) is 24.0 Å². The number of hydrogen-bond acceptors (Lipinski definition) is 4. The molecule has 6 nitrogen and oxygen atoms in total. The molecule has 1 spiro atoms. The molecule has 2 amide bonds. The molecule has 4 heterocycles. The Balaban J connectivity index is 1.53. The lowest BCUT2D eigenvalue weighted by molar-refractivity contribution is -0.121. The molecule has 2 atom stereocenters. The van der Waals surface area contributed by atoms with Gasteiger partial charge in [0.05, 0.1) is 17.1 Å². The average molecular weight is 420 g/mol. The Bertz CT molecular complexity index is 1370. The van der Waals surface area contributed by atoms with Gasteiger partial charge in [-0.05, 0) is 41.8 Å². The highest BCUT2D eigenvalue weighted by molar-refractivity contribution is 6.10. The number of carbonyl (C=O) groups excluding carboxylic acids is 2. The van der Waals surface area contributed by atoms with Crippen molar-refractivity contribution in [1.29, 1.82) is 0 Å². The van der Waals surface area contributed by atoms with E-state index in [1.54, 1.807) is 18.6 Å². The van der Waals surface area contributed by atoms with Crippen LogP contribution in [-0.4, -0.2) is 33.2 Å². The number of nitrogens with one attached hydrogen (secondary N) is 1. The van der Waals surface area contributed by atoms with E-state index in [9.17, 15) is 9.59 Å². The van der Waals surface area contributed by atoms with E-state index in [2.05, 4.69) is 15.3 Å². The second-order valence-electron chi connectivity index (χ2n) is 8.29. The van der Waals surface area contributed by atoms with E-state index >= 15 is 0 Å². The number of carbonyl (C=O) groups is 2. The number of likely N-dealkylation sites (tertiary alicyclic amines) is 1. The second kappa shape index (κ2) is 6.99. The average Bonchev–Trinajstić information content (AvgIpc) is 3.38. The van der Waals surface area contributed by atoms with Crippen molar-refractivity contribution in [2.24, 2.45) is 0 Å². The smallest absolute Gasteiger partial charge is 0.256 e. The van der Waals surface area contributed by atoms with Gasteiger partial charge in [0.2, 0.25) is 5.91 Å². The zero-order valence-electron chi connectivity index (χ0n) is 17.2. The molecule has 0 radical (unpaired) electrons. The van der Waals surface area contributed by atoms with Crippen molar-refractivity contribution in [2.45, 2.75) is 17.9 Å². The van der Waals surface area contributed by atoms with Gasteiger partial charge in [-0.1, -0.05) is 42.5 Å². The largest absolute Gasteiger partial charge is 0.330 e. The third kappa shape index (κ3) is 2.52. The van der Waals surface area contributed by atoms with Crippen LogP contribution in [0.4, 0.5) is 5.69 Å². The number of para-hydroxylation sites is 2. The van der Waals surface area contributed by atoms with E-state index < -0.39 is 11.5 Å². The van der Waals surface area contributed by atoms with E-state index in [-0.39, 0.29) is 11.8 Å². The number of fused-ring (bicyclic) bond motifs is 3. The SMILES string of the molecule is O=C(c1cccc2cccnc12)N1CCC2(C(=O)Nc3ccccc32)C1c1cccnc1. The molecule has 32 heavy (non-hydrogen) atoms. The van der Waals surface area contributed by atoms with Crippen LogP contribution in [0.15, 0.2) is 85.3 Å². The summed E-state index contributed by atoms with van der Waals surface area (Å²) in [6, 6.07) is 20.5. The Hall–Kier alpha value is -4.06. The Labute approximate surface area is 184 Å². The summed E-state index contributed by atoms with van der Waals surface area (Å²) in [5, 5.41) is 3.96. The lowest BCUT2D eigenvalue weighted by Crippen LogP contribution is -2.42. The summed E-state index contributed by atoms with van der Waals surface area (Å²) in [4.78, 5) is 38.0. The lowest BCUT2D eigenvalue weighted by Gasteiger charge is -2.34. The molecule has 6 rings (SSSR count). The second-order valence-corrected chi connectivity index (χ2v) is 8.29. The zero-order chi connectivity index (χ0) is 21.7. The topological polar surface area (TPSA) is 75.2 Å². The number of benzene rings is 2. The van der Waals surface area contributed by atoms with Crippen LogP contribution < -0.4 is 5.32 Å². The van der Waals surface area contributed by atoms with Gasteiger partial charge in [-0.3, -0.25) is 19.6 Å². The predicted octanol–water partition coefficient (Wildman–Crippen LogP) is 4.11. The molecule has 1 fully saturated rings. The number of amides is 2. The molecule has 2 unspecified atom stereocenters. The molecule has 0 saturated carbocycles. The number of nitrogens with zero attached hydrogens (tertiary/aromatic N) is 3. The van der Waals surface area contributed by atoms with Gasteiger partial charge in [-0.25, -0.2) is 0 Å². The summed E-state index contributed by atoms with van der Waals surface area (Å²) in [6.45, 7) is 0.462. The summed E-state index contributed by atoms with van der Waals surface area (Å²) < 4.78 is 0. The molecule has 2 aliphatic heterocycles. The molecular weight excluding hydrogens is 400 g/mol. The van der Waals surface area contributed by atoms with Gasteiger partial charge < -0.3 is 10.2 Å². The Morgan fingerprint density at radius 2 is 1.84 bits per heavy atom. The van der Waals surface area contributed by atoms with Crippen LogP contribution in [0.25, 0.3) is 10.9 Å². The minimum Gasteiger partial charge on any atom is -0.330 e. The first kappa shape index (κ1) is 18.7. The normalized spacial score (nSPS) is 21.7. The zero-order valence-corrected chi connectivity index (χ0v) is 17.2. The fraction of sp³-hybridized carbons (Fsp3) is 0.154. The molecule has 2 aromatic heterocycles. The number of pyridine rings is 2. The molecule has 1 N–H and O–H groups in total. The quantitative estimate of drug-likeness (QED) is 0.530. The van der Waals surface area contributed by atoms with Crippen LogP contribution in [0.1, 0.15) is 33.9 Å². The minimum atomic E-state index is -0.854. The highest BCUT2D eigenvalue weighted by atomic mass is 16.2. The molecule has 1 saturated heterocycles. The van der Waals surface area contributed by atoms with Crippen LogP contribution in [-0.2, 0) is 10.2 Å². The number of rotatable bonds is 2. The molecule has 156 valence electrons. The van der Waals surface area contributed by atoms with Gasteiger partial charge in [-0.2, -0.15) is 0 Å². The first-order valence-electron chi connectivity index (χ1n) is 10.7. The van der Waals surface area contributed by atoms with E-state index in [1.165, 1.54) is 0 Å². The highest BCUT2D eigenvalue weighted by Crippen LogP contribution is 2.54. The molecule has 6 heteroatoms. The standard InChI is InChI=1S/C26H20N4O2/c31-24(19-9-3-6-17-7-5-14-28-22(17)19)30-15-12-26(23(30)18-8-4-13-27-16-18)20-10-1-2-11-21(20)29-25(26)32/h1-11,13-14,16,23H,12,15H2,(H,29,32). The summed E-state index contributed by atoms with van der Waals surface area (Å²) >= 11 is 0. The minimum absolute atomic E-state index is 0.0705. The Kier molecular flexibility index (Phi) is 4.08. The first-order chi connectivity index (χ1) is 15.7. The monoisotopic (exact) mass is 420 g/mol. The van der Waals surface area contributed by atoms with Crippen molar-refractivity contribution in [1.82, 2.24) is 14.9 Å². The van der Waals surface area contributed by atoms with E-state index in [0.717, 1.165) is 22.2 Å². The van der Waals surface area contributed by atoms with Crippen molar-refractivity contribution < 1.29 is 9.59 Å². The Morgan fingerprint density at radius 3 is 2.72 bits per heavy atom. The van der Waals surface area contributed by atoms with Crippen molar-refractivity contribution in [3.8, 4) is 0 Å². The Morgan fingerprint density at radius 1 is 1.00 bits per heavy atom. The van der Waals surface area contributed by atoms with Crippen LogP contribution >= 0.6 is 0 Å². The van der Waals surface area contributed by atoms with E-state index in [4.69, 9.17) is 0 Å². The fourth-order valence-electron chi connectivity index (χ4n) is 5.34. The van der Waals surface area contributed by atoms with Crippen LogP contribution in [0.5, 0.6) is 0 Å². The number of hydrogen-bond donors (Lipinski definition) is 1. The van der Waals surface area contributed by atoms with Crippen LogP contribution in [0, 0.1) is 0 Å². The van der Waals surface area contributed by atoms with Crippen LogP contribution in [0.2, 0.25) is 0 Å². The molecule has 0 bridgehead atoms. The summed E-state index contributed by atoms with van der Waals surface area (Å²) in [6.07, 6.45) is 5.70. The summed E-state index contributed by atoms with van der Waals surface area (Å²) in [5.74, 6) is -0.198. The maximum Gasteiger partial charge on any atom is 0.256 e. The third-order valence-electron chi connectivity index (χ3n) is 6.71. The van der Waals surface area contributed by atoms with Gasteiger partial charge >= 0.3 is 0 Å². The third-order valence-corrected chi connectivity index (χ3v) is 6.71.